The molecule has 0 radical (unpaired) electrons. The second-order valence-corrected chi connectivity index (χ2v) is 5.31. The summed E-state index contributed by atoms with van der Waals surface area (Å²) < 4.78 is 5.08. The van der Waals surface area contributed by atoms with Gasteiger partial charge in [-0.1, -0.05) is 11.6 Å². The van der Waals surface area contributed by atoms with E-state index in [4.69, 9.17) is 16.3 Å². The van der Waals surface area contributed by atoms with Crippen LogP contribution in [0.4, 0.5) is 5.69 Å². The maximum atomic E-state index is 12.0. The summed E-state index contributed by atoms with van der Waals surface area (Å²) in [5, 5.41) is 6.57. The Morgan fingerprint density at radius 1 is 1.55 bits per heavy atom. The molecule has 1 fully saturated rings. The quantitative estimate of drug-likeness (QED) is 0.866. The molecule has 110 valence electrons. The monoisotopic (exact) mass is 297 g/mol. The fraction of sp³-hybridized carbons (Fsp3) is 0.500. The Labute approximate surface area is 124 Å². The minimum Gasteiger partial charge on any atom is -0.495 e. The molecule has 1 amide bonds. The molecule has 0 aliphatic carbocycles. The van der Waals surface area contributed by atoms with Crippen LogP contribution in [0.15, 0.2) is 18.2 Å². The van der Waals surface area contributed by atoms with Crippen molar-refractivity contribution in [2.75, 3.05) is 39.1 Å². The summed E-state index contributed by atoms with van der Waals surface area (Å²) in [5.74, 6) is 0.573. The number of methoxy groups -OCH3 is 1. The van der Waals surface area contributed by atoms with E-state index < -0.39 is 0 Å². The topological polar surface area (TPSA) is 53.6 Å². The maximum absolute atomic E-state index is 12.0. The fourth-order valence-corrected chi connectivity index (χ4v) is 2.62. The van der Waals surface area contributed by atoms with Crippen LogP contribution < -0.4 is 15.4 Å². The van der Waals surface area contributed by atoms with Crippen molar-refractivity contribution in [2.24, 2.45) is 0 Å². The Morgan fingerprint density at radius 2 is 2.35 bits per heavy atom. The number of nitrogens with zero attached hydrogens (tertiary/aromatic N) is 1. The normalized spacial score (nSPS) is 19.1. The molecule has 1 aliphatic rings. The van der Waals surface area contributed by atoms with Crippen molar-refractivity contribution in [3.8, 4) is 5.75 Å². The second-order valence-electron chi connectivity index (χ2n) is 4.91. The van der Waals surface area contributed by atoms with Gasteiger partial charge >= 0.3 is 0 Å². The number of nitrogens with one attached hydrogen (secondary N) is 2. The number of hydrogen-bond donors (Lipinski definition) is 2. The van der Waals surface area contributed by atoms with Crippen molar-refractivity contribution in [1.82, 2.24) is 10.2 Å². The highest BCUT2D eigenvalue weighted by molar-refractivity contribution is 6.32. The lowest BCUT2D eigenvalue weighted by molar-refractivity contribution is -0.117. The molecule has 1 aromatic rings. The molecule has 5 nitrogen and oxygen atoms in total. The smallest absolute Gasteiger partial charge is 0.238 e. The van der Waals surface area contributed by atoms with Crippen molar-refractivity contribution in [3.63, 3.8) is 0 Å². The number of carbonyl (C=O) groups excluding carboxylic acids is 1. The minimum atomic E-state index is -0.0250. The number of rotatable bonds is 5. The molecule has 1 atom stereocenters. The third-order valence-electron chi connectivity index (χ3n) is 3.48. The first-order valence-electron chi connectivity index (χ1n) is 6.65. The molecule has 2 N–H and O–H groups in total. The van der Waals surface area contributed by atoms with Crippen molar-refractivity contribution < 1.29 is 9.53 Å². The van der Waals surface area contributed by atoms with Crippen LogP contribution in [0.5, 0.6) is 5.75 Å². The number of likely N-dealkylation sites (N-methyl/N-ethyl adjacent to an activating group) is 1. The Bertz CT molecular complexity index is 481. The highest BCUT2D eigenvalue weighted by Crippen LogP contribution is 2.27. The standard InChI is InChI=1S/C14H20ClN3O2/c1-16-11-5-6-18(8-11)9-14(19)17-10-3-4-13(20-2)12(15)7-10/h3-4,7,11,16H,5-6,8-9H2,1-2H3,(H,17,19). The average molecular weight is 298 g/mol. The predicted molar refractivity (Wildman–Crippen MR) is 80.5 cm³/mol. The van der Waals surface area contributed by atoms with Crippen molar-refractivity contribution in [3.05, 3.63) is 23.2 Å². The van der Waals surface area contributed by atoms with Gasteiger partial charge in [0.15, 0.2) is 0 Å². The summed E-state index contributed by atoms with van der Waals surface area (Å²) in [5.41, 5.74) is 0.685. The van der Waals surface area contributed by atoms with Crippen LogP contribution >= 0.6 is 11.6 Å². The van der Waals surface area contributed by atoms with E-state index in [0.29, 0.717) is 29.0 Å². The summed E-state index contributed by atoms with van der Waals surface area (Å²) in [4.78, 5) is 14.1. The Hall–Kier alpha value is -1.30. The minimum absolute atomic E-state index is 0.0250. The van der Waals surface area contributed by atoms with Gasteiger partial charge in [0, 0.05) is 24.8 Å². The molecule has 0 aromatic heterocycles. The van der Waals surface area contributed by atoms with Crippen LogP contribution in [-0.2, 0) is 4.79 Å². The maximum Gasteiger partial charge on any atom is 0.238 e. The van der Waals surface area contributed by atoms with E-state index >= 15 is 0 Å². The summed E-state index contributed by atoms with van der Waals surface area (Å²) >= 11 is 6.03. The third-order valence-corrected chi connectivity index (χ3v) is 3.78. The number of carbonyl (C=O) groups is 1. The van der Waals surface area contributed by atoms with Crippen molar-refractivity contribution in [1.29, 1.82) is 0 Å². The van der Waals surface area contributed by atoms with Crippen molar-refractivity contribution >= 4 is 23.2 Å². The fourth-order valence-electron chi connectivity index (χ4n) is 2.36. The molecular weight excluding hydrogens is 278 g/mol. The van der Waals surface area contributed by atoms with E-state index in [-0.39, 0.29) is 5.91 Å². The van der Waals surface area contributed by atoms with Gasteiger partial charge in [0.2, 0.25) is 5.91 Å². The molecule has 0 bridgehead atoms. The van der Waals surface area contributed by atoms with E-state index in [2.05, 4.69) is 15.5 Å². The zero-order chi connectivity index (χ0) is 14.5. The summed E-state index contributed by atoms with van der Waals surface area (Å²) in [6.07, 6.45) is 1.08. The number of halogens is 1. The first kappa shape index (κ1) is 15.1. The molecule has 0 saturated carbocycles. The largest absolute Gasteiger partial charge is 0.495 e. The van der Waals surface area contributed by atoms with Gasteiger partial charge in [-0.15, -0.1) is 0 Å². The molecule has 1 saturated heterocycles. The van der Waals surface area contributed by atoms with Crippen LogP contribution in [0.3, 0.4) is 0 Å². The molecule has 6 heteroatoms. The zero-order valence-corrected chi connectivity index (χ0v) is 12.5. The SMILES string of the molecule is CNC1CCN(CC(=O)Nc2ccc(OC)c(Cl)c2)C1. The van der Waals surface area contributed by atoms with Crippen LogP contribution in [0.1, 0.15) is 6.42 Å². The lowest BCUT2D eigenvalue weighted by atomic mass is 10.3. The van der Waals surface area contributed by atoms with Gasteiger partial charge in [-0.05, 0) is 31.7 Å². The molecule has 1 aliphatic heterocycles. The van der Waals surface area contributed by atoms with E-state index in [1.807, 2.05) is 7.05 Å². The van der Waals surface area contributed by atoms with Gasteiger partial charge in [0.05, 0.1) is 18.7 Å². The lowest BCUT2D eigenvalue weighted by Crippen LogP contribution is -2.34. The molecule has 1 unspecified atom stereocenters. The van der Waals surface area contributed by atoms with Gasteiger partial charge in [-0.25, -0.2) is 0 Å². The second kappa shape index (κ2) is 6.92. The predicted octanol–water partition coefficient (Wildman–Crippen LogP) is 1.58. The number of amides is 1. The summed E-state index contributed by atoms with van der Waals surface area (Å²) in [6, 6.07) is 5.70. The lowest BCUT2D eigenvalue weighted by Gasteiger charge is -2.15. The van der Waals surface area contributed by atoms with Crippen LogP contribution in [0.2, 0.25) is 5.02 Å². The third kappa shape index (κ3) is 3.85. The van der Waals surface area contributed by atoms with Gasteiger partial charge in [-0.2, -0.15) is 0 Å². The van der Waals surface area contributed by atoms with E-state index in [0.717, 1.165) is 19.5 Å². The molecule has 0 spiro atoms. The Morgan fingerprint density at radius 3 is 2.95 bits per heavy atom. The first-order valence-corrected chi connectivity index (χ1v) is 7.03. The van der Waals surface area contributed by atoms with Gasteiger partial charge < -0.3 is 15.4 Å². The number of benzene rings is 1. The molecule has 1 heterocycles. The van der Waals surface area contributed by atoms with E-state index in [1.54, 1.807) is 25.3 Å². The highest BCUT2D eigenvalue weighted by Gasteiger charge is 2.22. The van der Waals surface area contributed by atoms with Gasteiger partial charge in [0.25, 0.3) is 0 Å². The summed E-state index contributed by atoms with van der Waals surface area (Å²) in [6.45, 7) is 2.26. The molecule has 2 rings (SSSR count). The first-order chi connectivity index (χ1) is 9.62. The van der Waals surface area contributed by atoms with E-state index in [1.165, 1.54) is 0 Å². The molecular formula is C14H20ClN3O2. The molecule has 20 heavy (non-hydrogen) atoms. The van der Waals surface area contributed by atoms with Crippen LogP contribution in [0, 0.1) is 0 Å². The number of likely N-dealkylation sites (tertiary alicyclic amines) is 1. The number of ether oxygens (including phenoxy) is 1. The highest BCUT2D eigenvalue weighted by atomic mass is 35.5. The average Bonchev–Trinajstić information content (AvgIpc) is 2.86. The van der Waals surface area contributed by atoms with E-state index in [9.17, 15) is 4.79 Å². The molecule has 1 aromatic carbocycles. The number of hydrogen-bond acceptors (Lipinski definition) is 4. The van der Waals surface area contributed by atoms with Crippen LogP contribution in [-0.4, -0.2) is 50.6 Å². The zero-order valence-electron chi connectivity index (χ0n) is 11.8. The Kier molecular flexibility index (Phi) is 5.23. The van der Waals surface area contributed by atoms with Crippen LogP contribution in [0.25, 0.3) is 0 Å². The Balaban J connectivity index is 1.87. The number of anilines is 1. The van der Waals surface area contributed by atoms with Gasteiger partial charge in [0.1, 0.15) is 5.75 Å². The summed E-state index contributed by atoms with van der Waals surface area (Å²) in [7, 11) is 3.51. The van der Waals surface area contributed by atoms with Crippen molar-refractivity contribution in [2.45, 2.75) is 12.5 Å². The van der Waals surface area contributed by atoms with Gasteiger partial charge in [-0.3, -0.25) is 9.69 Å².